The maximum Gasteiger partial charge on any atom is 0.106 e. The van der Waals surface area contributed by atoms with Crippen LogP contribution >= 0.6 is 0 Å². The van der Waals surface area contributed by atoms with Gasteiger partial charge in [-0.3, -0.25) is 0 Å². The second kappa shape index (κ2) is 6.92. The predicted molar refractivity (Wildman–Crippen MR) is 81.6 cm³/mol. The molecular weight excluding hydrogens is 238 g/mol. The number of hydrogen-bond donors (Lipinski definition) is 0. The summed E-state index contributed by atoms with van der Waals surface area (Å²) in [6.07, 6.45) is 1.86. The quantitative estimate of drug-likeness (QED) is 0.463. The molecular formula is C15H23N3O. The number of rotatable bonds is 5. The van der Waals surface area contributed by atoms with E-state index in [1.165, 1.54) is 0 Å². The van der Waals surface area contributed by atoms with Crippen molar-refractivity contribution in [2.24, 2.45) is 10.1 Å². The summed E-state index contributed by atoms with van der Waals surface area (Å²) in [5, 5.41) is 3.98. The molecule has 0 unspecified atom stereocenters. The maximum absolute atomic E-state index is 4.83. The molecule has 0 N–H and O–H groups in total. The lowest BCUT2D eigenvalue weighted by Gasteiger charge is -2.11. The van der Waals surface area contributed by atoms with Crippen LogP contribution in [0.2, 0.25) is 0 Å². The second-order valence-electron chi connectivity index (χ2n) is 4.63. The number of oxime groups is 1. The largest absolute Gasteiger partial charge is 0.399 e. The molecule has 0 spiro atoms. The van der Waals surface area contributed by atoms with Crippen molar-refractivity contribution in [1.29, 1.82) is 0 Å². The number of hydrogen-bond acceptors (Lipinski definition) is 3. The van der Waals surface area contributed by atoms with Gasteiger partial charge in [0.1, 0.15) is 7.11 Å². The highest BCUT2D eigenvalue weighted by Crippen LogP contribution is 2.23. The van der Waals surface area contributed by atoms with Crippen LogP contribution < -0.4 is 0 Å². The van der Waals surface area contributed by atoms with Gasteiger partial charge in [0.05, 0.1) is 17.7 Å². The topological polar surface area (TPSA) is 37.2 Å². The summed E-state index contributed by atoms with van der Waals surface area (Å²) in [6.45, 7) is 9.10. The molecule has 1 aromatic carbocycles. The van der Waals surface area contributed by atoms with Gasteiger partial charge in [-0.05, 0) is 51.0 Å². The van der Waals surface area contributed by atoms with E-state index in [2.05, 4.69) is 43.1 Å². The zero-order valence-electron chi connectivity index (χ0n) is 12.7. The van der Waals surface area contributed by atoms with Crippen LogP contribution in [0.15, 0.2) is 22.3 Å². The highest BCUT2D eigenvalue weighted by atomic mass is 16.6. The fourth-order valence-electron chi connectivity index (χ4n) is 1.76. The van der Waals surface area contributed by atoms with Crippen LogP contribution in [-0.2, 0) is 4.84 Å². The van der Waals surface area contributed by atoms with Gasteiger partial charge in [-0.25, -0.2) is 4.99 Å². The zero-order valence-corrected chi connectivity index (χ0v) is 12.7. The van der Waals surface area contributed by atoms with Crippen LogP contribution in [0.25, 0.3) is 0 Å². The third-order valence-corrected chi connectivity index (χ3v) is 3.05. The highest BCUT2D eigenvalue weighted by Gasteiger charge is 2.07. The Bertz CT molecular complexity index is 492. The molecule has 0 aromatic heterocycles. The number of aryl methyl sites for hydroxylation is 2. The third-order valence-electron chi connectivity index (χ3n) is 3.05. The van der Waals surface area contributed by atoms with Crippen LogP contribution in [0, 0.1) is 13.8 Å². The van der Waals surface area contributed by atoms with Crippen LogP contribution in [0.1, 0.15) is 30.5 Å². The molecule has 0 bridgehead atoms. The van der Waals surface area contributed by atoms with Gasteiger partial charge in [-0.2, -0.15) is 0 Å². The van der Waals surface area contributed by atoms with Crippen molar-refractivity contribution in [3.63, 3.8) is 0 Å². The van der Waals surface area contributed by atoms with Crippen molar-refractivity contribution in [3.05, 3.63) is 28.8 Å². The van der Waals surface area contributed by atoms with Crippen LogP contribution in [0.4, 0.5) is 5.69 Å². The lowest BCUT2D eigenvalue weighted by molar-refractivity contribution is 0.213. The van der Waals surface area contributed by atoms with E-state index >= 15 is 0 Å². The summed E-state index contributed by atoms with van der Waals surface area (Å²) in [4.78, 5) is 11.4. The molecule has 0 aliphatic rings. The monoisotopic (exact) mass is 261 g/mol. The first-order valence-corrected chi connectivity index (χ1v) is 6.43. The minimum Gasteiger partial charge on any atom is -0.399 e. The van der Waals surface area contributed by atoms with Gasteiger partial charge in [0, 0.05) is 19.2 Å². The lowest BCUT2D eigenvalue weighted by Crippen LogP contribution is -2.14. The van der Waals surface area contributed by atoms with E-state index in [-0.39, 0.29) is 0 Å². The SMILES string of the molecule is CCN(C)C=Nc1cc(C)c(/C(C)=N/OC)cc1C. The Balaban J connectivity index is 3.10. The summed E-state index contributed by atoms with van der Waals surface area (Å²) in [5.74, 6) is 0. The summed E-state index contributed by atoms with van der Waals surface area (Å²) >= 11 is 0. The Labute approximate surface area is 115 Å². The normalized spacial score (nSPS) is 12.0. The fourth-order valence-corrected chi connectivity index (χ4v) is 1.76. The van der Waals surface area contributed by atoms with E-state index in [0.717, 1.165) is 34.6 Å². The molecule has 0 radical (unpaired) electrons. The molecule has 4 nitrogen and oxygen atoms in total. The Morgan fingerprint density at radius 2 is 2.00 bits per heavy atom. The van der Waals surface area contributed by atoms with Gasteiger partial charge in [0.15, 0.2) is 0 Å². The predicted octanol–water partition coefficient (Wildman–Crippen LogP) is 3.29. The molecule has 19 heavy (non-hydrogen) atoms. The van der Waals surface area contributed by atoms with Gasteiger partial charge in [0.2, 0.25) is 0 Å². The van der Waals surface area contributed by atoms with Gasteiger partial charge in [-0.1, -0.05) is 5.16 Å². The molecule has 104 valence electrons. The van der Waals surface area contributed by atoms with Crippen molar-refractivity contribution in [1.82, 2.24) is 4.90 Å². The Morgan fingerprint density at radius 1 is 1.32 bits per heavy atom. The average molecular weight is 261 g/mol. The molecule has 1 rings (SSSR count). The van der Waals surface area contributed by atoms with E-state index in [4.69, 9.17) is 4.84 Å². The van der Waals surface area contributed by atoms with E-state index in [9.17, 15) is 0 Å². The van der Waals surface area contributed by atoms with Gasteiger partial charge in [0.25, 0.3) is 0 Å². The standard InChI is InChI=1S/C15H23N3O/c1-7-18(5)10-16-15-9-11(2)14(8-12(15)3)13(4)17-19-6/h8-10H,7H2,1-6H3/b16-10?,17-13+. The molecule has 0 saturated carbocycles. The number of aliphatic imine (C=N–C) groups is 1. The summed E-state index contributed by atoms with van der Waals surface area (Å²) in [6, 6.07) is 4.19. The summed E-state index contributed by atoms with van der Waals surface area (Å²) in [7, 11) is 3.57. The van der Waals surface area contributed by atoms with Gasteiger partial charge in [-0.15, -0.1) is 0 Å². The van der Waals surface area contributed by atoms with Gasteiger partial charge >= 0.3 is 0 Å². The first kappa shape index (κ1) is 15.2. The van der Waals surface area contributed by atoms with E-state index in [1.807, 2.05) is 25.2 Å². The fraction of sp³-hybridized carbons (Fsp3) is 0.467. The Morgan fingerprint density at radius 3 is 2.58 bits per heavy atom. The molecule has 0 heterocycles. The van der Waals surface area contributed by atoms with Crippen molar-refractivity contribution >= 4 is 17.7 Å². The minimum absolute atomic E-state index is 0.879. The first-order valence-electron chi connectivity index (χ1n) is 6.43. The van der Waals surface area contributed by atoms with Gasteiger partial charge < -0.3 is 9.74 Å². The van der Waals surface area contributed by atoms with Crippen LogP contribution in [0.5, 0.6) is 0 Å². The minimum atomic E-state index is 0.879. The van der Waals surface area contributed by atoms with Crippen molar-refractivity contribution < 1.29 is 4.84 Å². The number of nitrogens with zero attached hydrogens (tertiary/aromatic N) is 3. The summed E-state index contributed by atoms with van der Waals surface area (Å²) in [5.41, 5.74) is 5.25. The molecule has 0 saturated heterocycles. The van der Waals surface area contributed by atoms with Crippen molar-refractivity contribution in [2.75, 3.05) is 20.7 Å². The summed E-state index contributed by atoms with van der Waals surface area (Å²) < 4.78 is 0. The smallest absolute Gasteiger partial charge is 0.106 e. The molecule has 0 aliphatic heterocycles. The van der Waals surface area contributed by atoms with Crippen LogP contribution in [-0.4, -0.2) is 37.7 Å². The Kier molecular flexibility index (Phi) is 5.55. The number of benzene rings is 1. The molecule has 1 aromatic rings. The van der Waals surface area contributed by atoms with E-state index in [1.54, 1.807) is 7.11 Å². The lowest BCUT2D eigenvalue weighted by atomic mass is 10.0. The molecule has 0 aliphatic carbocycles. The van der Waals surface area contributed by atoms with Crippen molar-refractivity contribution in [2.45, 2.75) is 27.7 Å². The molecule has 4 heteroatoms. The third kappa shape index (κ3) is 4.09. The van der Waals surface area contributed by atoms with E-state index in [0.29, 0.717) is 0 Å². The van der Waals surface area contributed by atoms with Crippen molar-refractivity contribution in [3.8, 4) is 0 Å². The maximum atomic E-state index is 4.83. The van der Waals surface area contributed by atoms with E-state index < -0.39 is 0 Å². The Hall–Kier alpha value is -1.84. The molecule has 0 amide bonds. The average Bonchev–Trinajstić information content (AvgIpc) is 2.39. The van der Waals surface area contributed by atoms with Crippen LogP contribution in [0.3, 0.4) is 0 Å². The molecule has 0 fully saturated rings. The highest BCUT2D eigenvalue weighted by molar-refractivity contribution is 6.00. The zero-order chi connectivity index (χ0) is 14.4. The second-order valence-corrected chi connectivity index (χ2v) is 4.63. The molecule has 0 atom stereocenters. The first-order chi connectivity index (χ1) is 8.99.